The Balaban J connectivity index is 1.79. The second-order valence-electron chi connectivity index (χ2n) is 4.94. The van der Waals surface area contributed by atoms with Gasteiger partial charge in [0.2, 0.25) is 0 Å². The summed E-state index contributed by atoms with van der Waals surface area (Å²) in [5, 5.41) is 7.47. The molecule has 1 aromatic heterocycles. The predicted molar refractivity (Wildman–Crippen MR) is 92.2 cm³/mol. The molecule has 0 spiro atoms. The van der Waals surface area contributed by atoms with Gasteiger partial charge in [-0.3, -0.25) is 20.3 Å². The molecule has 1 amide bonds. The summed E-state index contributed by atoms with van der Waals surface area (Å²) < 4.78 is 6.71. The smallest absolute Gasteiger partial charge is 0.260 e. The topological polar surface area (TPSA) is 80.2 Å². The second kappa shape index (κ2) is 7.59. The van der Waals surface area contributed by atoms with Crippen LogP contribution in [-0.4, -0.2) is 27.9 Å². The first-order chi connectivity index (χ1) is 11.0. The van der Waals surface area contributed by atoms with Crippen molar-refractivity contribution in [3.8, 4) is 5.75 Å². The zero-order valence-electron chi connectivity index (χ0n) is 13.2. The Bertz CT molecular complexity index is 696. The maximum absolute atomic E-state index is 11.9. The monoisotopic (exact) mass is 333 g/mol. The van der Waals surface area contributed by atoms with Crippen LogP contribution in [0.2, 0.25) is 0 Å². The number of aryl methyl sites for hydroxylation is 2. The standard InChI is InChI=1S/C15H19N5O2S/c1-10-8-11(2)20(19-10)9-14(21)17-18-15(23)16-12-4-6-13(22-3)7-5-12/h4-8H,9H2,1-3H3,(H,17,21)(H2,16,18,23). The molecule has 122 valence electrons. The summed E-state index contributed by atoms with van der Waals surface area (Å²) in [6.45, 7) is 3.90. The largest absolute Gasteiger partial charge is 0.497 e. The number of aromatic nitrogens is 2. The van der Waals surface area contributed by atoms with E-state index in [9.17, 15) is 4.79 Å². The van der Waals surface area contributed by atoms with E-state index in [0.29, 0.717) is 0 Å². The third-order valence-corrected chi connectivity index (χ3v) is 3.26. The fourth-order valence-electron chi connectivity index (χ4n) is 1.97. The predicted octanol–water partition coefficient (Wildman–Crippen LogP) is 1.53. The number of carbonyl (C=O) groups is 1. The van der Waals surface area contributed by atoms with E-state index >= 15 is 0 Å². The van der Waals surface area contributed by atoms with Crippen LogP contribution < -0.4 is 20.9 Å². The Hall–Kier alpha value is -2.61. The highest BCUT2D eigenvalue weighted by Crippen LogP contribution is 2.14. The molecule has 0 aliphatic heterocycles. The summed E-state index contributed by atoms with van der Waals surface area (Å²) in [7, 11) is 1.60. The normalized spacial score (nSPS) is 10.0. The fraction of sp³-hybridized carbons (Fsp3) is 0.267. The number of benzene rings is 1. The lowest BCUT2D eigenvalue weighted by molar-refractivity contribution is -0.122. The number of ether oxygens (including phenoxy) is 1. The highest BCUT2D eigenvalue weighted by atomic mass is 32.1. The molecule has 0 saturated carbocycles. The van der Waals surface area contributed by atoms with Crippen LogP contribution in [0, 0.1) is 13.8 Å². The van der Waals surface area contributed by atoms with E-state index in [1.807, 2.05) is 44.2 Å². The highest BCUT2D eigenvalue weighted by Gasteiger charge is 2.07. The maximum Gasteiger partial charge on any atom is 0.260 e. The van der Waals surface area contributed by atoms with E-state index in [1.165, 1.54) is 0 Å². The van der Waals surface area contributed by atoms with Crippen molar-refractivity contribution < 1.29 is 9.53 Å². The number of hydrogen-bond acceptors (Lipinski definition) is 4. The number of hydrazine groups is 1. The molecule has 23 heavy (non-hydrogen) atoms. The van der Waals surface area contributed by atoms with Gasteiger partial charge in [-0.05, 0) is 56.4 Å². The number of nitrogens with zero attached hydrogens (tertiary/aromatic N) is 2. The average molecular weight is 333 g/mol. The Morgan fingerprint density at radius 1 is 1.26 bits per heavy atom. The number of thiocarbonyl (C=S) groups is 1. The van der Waals surface area contributed by atoms with E-state index < -0.39 is 0 Å². The van der Waals surface area contributed by atoms with Crippen molar-refractivity contribution in [2.75, 3.05) is 12.4 Å². The first-order valence-electron chi connectivity index (χ1n) is 6.99. The van der Waals surface area contributed by atoms with E-state index in [-0.39, 0.29) is 17.6 Å². The molecule has 8 heteroatoms. The van der Waals surface area contributed by atoms with E-state index in [0.717, 1.165) is 22.8 Å². The highest BCUT2D eigenvalue weighted by molar-refractivity contribution is 7.80. The zero-order chi connectivity index (χ0) is 16.8. The Kier molecular flexibility index (Phi) is 5.53. The summed E-state index contributed by atoms with van der Waals surface area (Å²) in [5.41, 5.74) is 7.78. The van der Waals surface area contributed by atoms with Crippen LogP contribution in [0.5, 0.6) is 5.75 Å². The van der Waals surface area contributed by atoms with Crippen molar-refractivity contribution in [1.82, 2.24) is 20.6 Å². The molecule has 0 saturated heterocycles. The molecular weight excluding hydrogens is 314 g/mol. The molecular formula is C15H19N5O2S. The van der Waals surface area contributed by atoms with E-state index in [4.69, 9.17) is 17.0 Å². The van der Waals surface area contributed by atoms with Gasteiger partial charge in [-0.25, -0.2) is 0 Å². The van der Waals surface area contributed by atoms with Gasteiger partial charge in [0.05, 0.1) is 12.8 Å². The minimum atomic E-state index is -0.241. The summed E-state index contributed by atoms with van der Waals surface area (Å²) in [4.78, 5) is 11.9. The molecule has 7 nitrogen and oxygen atoms in total. The molecule has 0 fully saturated rings. The molecule has 0 aliphatic rings. The van der Waals surface area contributed by atoms with Crippen molar-refractivity contribution >= 4 is 28.9 Å². The van der Waals surface area contributed by atoms with Crippen LogP contribution in [0.1, 0.15) is 11.4 Å². The third kappa shape index (κ3) is 4.96. The molecule has 1 heterocycles. The van der Waals surface area contributed by atoms with Crippen molar-refractivity contribution in [2.45, 2.75) is 20.4 Å². The lowest BCUT2D eigenvalue weighted by Gasteiger charge is -2.12. The van der Waals surface area contributed by atoms with Gasteiger partial charge in [0.1, 0.15) is 12.3 Å². The molecule has 1 aromatic carbocycles. The van der Waals surface area contributed by atoms with Crippen molar-refractivity contribution in [1.29, 1.82) is 0 Å². The van der Waals surface area contributed by atoms with Gasteiger partial charge in [-0.1, -0.05) is 0 Å². The minimum Gasteiger partial charge on any atom is -0.497 e. The molecule has 0 aliphatic carbocycles. The van der Waals surface area contributed by atoms with Crippen LogP contribution in [0.25, 0.3) is 0 Å². The van der Waals surface area contributed by atoms with E-state index in [1.54, 1.807) is 11.8 Å². The quantitative estimate of drug-likeness (QED) is 0.582. The SMILES string of the molecule is COc1ccc(NC(=S)NNC(=O)Cn2nc(C)cc2C)cc1. The van der Waals surface area contributed by atoms with Gasteiger partial charge in [0.25, 0.3) is 5.91 Å². The number of anilines is 1. The first-order valence-corrected chi connectivity index (χ1v) is 7.39. The molecule has 2 aromatic rings. The van der Waals surface area contributed by atoms with Crippen LogP contribution in [0.4, 0.5) is 5.69 Å². The van der Waals surface area contributed by atoms with E-state index in [2.05, 4.69) is 21.3 Å². The lowest BCUT2D eigenvalue weighted by atomic mass is 10.3. The molecule has 0 radical (unpaired) electrons. The number of hydrogen-bond donors (Lipinski definition) is 3. The Labute approximate surface area is 140 Å². The fourth-order valence-corrected chi connectivity index (χ4v) is 2.14. The van der Waals surface area contributed by atoms with Crippen LogP contribution in [-0.2, 0) is 11.3 Å². The van der Waals surface area contributed by atoms with Gasteiger partial charge >= 0.3 is 0 Å². The van der Waals surface area contributed by atoms with Gasteiger partial charge in [-0.2, -0.15) is 5.10 Å². The van der Waals surface area contributed by atoms with Crippen LogP contribution in [0.15, 0.2) is 30.3 Å². The number of amides is 1. The van der Waals surface area contributed by atoms with Crippen LogP contribution >= 0.6 is 12.2 Å². The number of carbonyl (C=O) groups excluding carboxylic acids is 1. The first kappa shape index (κ1) is 16.8. The molecule has 0 atom stereocenters. The summed E-state index contributed by atoms with van der Waals surface area (Å²) >= 11 is 5.12. The van der Waals surface area contributed by atoms with Crippen molar-refractivity contribution in [2.24, 2.45) is 0 Å². The molecule has 3 N–H and O–H groups in total. The van der Waals surface area contributed by atoms with Gasteiger partial charge < -0.3 is 10.1 Å². The van der Waals surface area contributed by atoms with Gasteiger partial charge in [0, 0.05) is 11.4 Å². The molecule has 0 bridgehead atoms. The summed E-state index contributed by atoms with van der Waals surface area (Å²) in [6.07, 6.45) is 0. The second-order valence-corrected chi connectivity index (χ2v) is 5.35. The lowest BCUT2D eigenvalue weighted by Crippen LogP contribution is -2.45. The Morgan fingerprint density at radius 3 is 2.52 bits per heavy atom. The third-order valence-electron chi connectivity index (χ3n) is 3.06. The van der Waals surface area contributed by atoms with Crippen molar-refractivity contribution in [3.05, 3.63) is 41.7 Å². The maximum atomic E-state index is 11.9. The number of methoxy groups -OCH3 is 1. The minimum absolute atomic E-state index is 0.123. The van der Waals surface area contributed by atoms with Gasteiger partial charge in [-0.15, -0.1) is 0 Å². The molecule has 2 rings (SSSR count). The van der Waals surface area contributed by atoms with Crippen LogP contribution in [0.3, 0.4) is 0 Å². The summed E-state index contributed by atoms with van der Waals surface area (Å²) in [6, 6.07) is 9.18. The number of rotatable bonds is 4. The van der Waals surface area contributed by atoms with Crippen molar-refractivity contribution in [3.63, 3.8) is 0 Å². The zero-order valence-corrected chi connectivity index (χ0v) is 14.0. The average Bonchev–Trinajstić information content (AvgIpc) is 2.83. The molecule has 0 unspecified atom stereocenters. The van der Waals surface area contributed by atoms with Gasteiger partial charge in [0.15, 0.2) is 5.11 Å². The Morgan fingerprint density at radius 2 is 1.96 bits per heavy atom. The number of nitrogens with one attached hydrogen (secondary N) is 3. The summed E-state index contributed by atoms with van der Waals surface area (Å²) in [5.74, 6) is 0.516.